The molecular formula is C13H28N2O2. The summed E-state index contributed by atoms with van der Waals surface area (Å²) >= 11 is 0. The maximum absolute atomic E-state index is 11.6. The van der Waals surface area contributed by atoms with Crippen molar-refractivity contribution in [2.45, 2.75) is 52.1 Å². The third kappa shape index (κ3) is 9.12. The van der Waals surface area contributed by atoms with E-state index in [1.165, 1.54) is 6.42 Å². The van der Waals surface area contributed by atoms with Gasteiger partial charge in [-0.3, -0.25) is 4.79 Å². The van der Waals surface area contributed by atoms with Crippen molar-refractivity contribution in [3.8, 4) is 0 Å². The van der Waals surface area contributed by atoms with Crippen molar-refractivity contribution in [3.63, 3.8) is 0 Å². The van der Waals surface area contributed by atoms with E-state index in [0.717, 1.165) is 19.3 Å². The molecule has 0 fully saturated rings. The normalized spacial score (nSPS) is 14.4. The quantitative estimate of drug-likeness (QED) is 0.614. The van der Waals surface area contributed by atoms with Crippen LogP contribution in [0.4, 0.5) is 0 Å². The van der Waals surface area contributed by atoms with E-state index in [1.807, 2.05) is 6.92 Å². The van der Waals surface area contributed by atoms with Crippen molar-refractivity contribution in [1.82, 2.24) is 5.32 Å². The second-order valence-electron chi connectivity index (χ2n) is 4.62. The van der Waals surface area contributed by atoms with Gasteiger partial charge in [0.25, 0.3) is 0 Å². The molecule has 4 heteroatoms. The van der Waals surface area contributed by atoms with E-state index in [9.17, 15) is 4.79 Å². The fourth-order valence-corrected chi connectivity index (χ4v) is 1.84. The smallest absolute Gasteiger partial charge is 0.220 e. The molecule has 17 heavy (non-hydrogen) atoms. The van der Waals surface area contributed by atoms with E-state index < -0.39 is 0 Å². The Kier molecular flexibility index (Phi) is 10.2. The van der Waals surface area contributed by atoms with E-state index in [4.69, 9.17) is 10.5 Å². The molecule has 4 nitrogen and oxygen atoms in total. The molecule has 0 aromatic rings. The molecule has 3 N–H and O–H groups in total. The highest BCUT2D eigenvalue weighted by Gasteiger charge is 2.10. The third-order valence-corrected chi connectivity index (χ3v) is 3.04. The summed E-state index contributed by atoms with van der Waals surface area (Å²) in [6.45, 7) is 5.41. The second-order valence-corrected chi connectivity index (χ2v) is 4.62. The lowest BCUT2D eigenvalue weighted by molar-refractivity contribution is -0.121. The Hall–Kier alpha value is -0.610. The molecule has 0 radical (unpaired) electrons. The largest absolute Gasteiger partial charge is 0.380 e. The van der Waals surface area contributed by atoms with Gasteiger partial charge in [0.15, 0.2) is 0 Å². The molecule has 0 saturated carbocycles. The van der Waals surface area contributed by atoms with Gasteiger partial charge in [-0.05, 0) is 32.2 Å². The summed E-state index contributed by atoms with van der Waals surface area (Å²) in [6, 6.07) is 0. The SMILES string of the molecule is CCCC(CCN)CCC(=O)NCC(C)OC. The minimum Gasteiger partial charge on any atom is -0.380 e. The van der Waals surface area contributed by atoms with Gasteiger partial charge < -0.3 is 15.8 Å². The Morgan fingerprint density at radius 1 is 1.35 bits per heavy atom. The summed E-state index contributed by atoms with van der Waals surface area (Å²) in [5, 5.41) is 2.88. The molecule has 2 unspecified atom stereocenters. The average Bonchev–Trinajstić information content (AvgIpc) is 2.33. The summed E-state index contributed by atoms with van der Waals surface area (Å²) in [5.74, 6) is 0.711. The minimum absolute atomic E-state index is 0.0782. The van der Waals surface area contributed by atoms with Gasteiger partial charge in [-0.25, -0.2) is 0 Å². The van der Waals surface area contributed by atoms with Crippen molar-refractivity contribution in [3.05, 3.63) is 0 Å². The molecule has 0 aromatic carbocycles. The Labute approximate surface area is 105 Å². The number of hydrogen-bond donors (Lipinski definition) is 2. The highest BCUT2D eigenvalue weighted by atomic mass is 16.5. The van der Waals surface area contributed by atoms with E-state index in [0.29, 0.717) is 25.4 Å². The van der Waals surface area contributed by atoms with Crippen molar-refractivity contribution in [2.24, 2.45) is 11.7 Å². The second kappa shape index (κ2) is 10.5. The first kappa shape index (κ1) is 16.4. The van der Waals surface area contributed by atoms with Crippen molar-refractivity contribution < 1.29 is 9.53 Å². The first-order valence-electron chi connectivity index (χ1n) is 6.63. The van der Waals surface area contributed by atoms with E-state index >= 15 is 0 Å². The monoisotopic (exact) mass is 244 g/mol. The van der Waals surface area contributed by atoms with Crippen molar-refractivity contribution >= 4 is 5.91 Å². The fraction of sp³-hybridized carbons (Fsp3) is 0.923. The van der Waals surface area contributed by atoms with Crippen molar-refractivity contribution in [1.29, 1.82) is 0 Å². The summed E-state index contributed by atoms with van der Waals surface area (Å²) in [4.78, 5) is 11.6. The van der Waals surface area contributed by atoms with Gasteiger partial charge in [0.2, 0.25) is 5.91 Å². The van der Waals surface area contributed by atoms with E-state index in [2.05, 4.69) is 12.2 Å². The molecule has 0 aliphatic rings. The number of ether oxygens (including phenoxy) is 1. The van der Waals surface area contributed by atoms with Gasteiger partial charge in [0.1, 0.15) is 0 Å². The number of nitrogens with one attached hydrogen (secondary N) is 1. The molecule has 0 heterocycles. The Morgan fingerprint density at radius 2 is 2.06 bits per heavy atom. The Bertz CT molecular complexity index is 192. The number of hydrogen-bond acceptors (Lipinski definition) is 3. The maximum atomic E-state index is 11.6. The van der Waals surface area contributed by atoms with E-state index in [-0.39, 0.29) is 12.0 Å². The van der Waals surface area contributed by atoms with Crippen LogP contribution in [0.1, 0.15) is 46.0 Å². The van der Waals surface area contributed by atoms with Crippen LogP contribution in [0.5, 0.6) is 0 Å². The molecule has 0 rings (SSSR count). The predicted molar refractivity (Wildman–Crippen MR) is 70.8 cm³/mol. The standard InChI is InChI=1S/C13H28N2O2/c1-4-5-12(8-9-14)6-7-13(16)15-10-11(2)17-3/h11-12H,4-10,14H2,1-3H3,(H,15,16). The Morgan fingerprint density at radius 3 is 2.59 bits per heavy atom. The number of amides is 1. The number of rotatable bonds is 10. The summed E-state index contributed by atoms with van der Waals surface area (Å²) in [7, 11) is 1.65. The molecular weight excluding hydrogens is 216 g/mol. The first-order chi connectivity index (χ1) is 8.13. The van der Waals surface area contributed by atoms with Crippen LogP contribution < -0.4 is 11.1 Å². The number of methoxy groups -OCH3 is 1. The highest BCUT2D eigenvalue weighted by molar-refractivity contribution is 5.75. The minimum atomic E-state index is 0.0782. The van der Waals surface area contributed by atoms with Crippen LogP contribution in [-0.2, 0) is 9.53 Å². The zero-order chi connectivity index (χ0) is 13.1. The van der Waals surface area contributed by atoms with Crippen LogP contribution in [0.15, 0.2) is 0 Å². The van der Waals surface area contributed by atoms with Crippen molar-refractivity contribution in [2.75, 3.05) is 20.2 Å². The zero-order valence-corrected chi connectivity index (χ0v) is 11.5. The van der Waals surface area contributed by atoms with E-state index in [1.54, 1.807) is 7.11 Å². The molecule has 0 aliphatic carbocycles. The van der Waals surface area contributed by atoms with Crippen LogP contribution in [0.2, 0.25) is 0 Å². The third-order valence-electron chi connectivity index (χ3n) is 3.04. The molecule has 0 saturated heterocycles. The van der Waals surface area contributed by atoms with Gasteiger partial charge >= 0.3 is 0 Å². The van der Waals surface area contributed by atoms with Gasteiger partial charge in [0.05, 0.1) is 6.10 Å². The van der Waals surface area contributed by atoms with Gasteiger partial charge in [-0.2, -0.15) is 0 Å². The lowest BCUT2D eigenvalue weighted by atomic mass is 9.94. The first-order valence-corrected chi connectivity index (χ1v) is 6.63. The molecule has 102 valence electrons. The van der Waals surface area contributed by atoms with Gasteiger partial charge in [-0.1, -0.05) is 19.8 Å². The number of carbonyl (C=O) groups excluding carboxylic acids is 1. The molecule has 0 aromatic heterocycles. The topological polar surface area (TPSA) is 64.4 Å². The van der Waals surface area contributed by atoms with Gasteiger partial charge in [0, 0.05) is 20.1 Å². The lowest BCUT2D eigenvalue weighted by Crippen LogP contribution is -2.31. The number of carbonyl (C=O) groups is 1. The predicted octanol–water partition coefficient (Wildman–Crippen LogP) is 1.68. The number of nitrogens with two attached hydrogens (primary N) is 1. The van der Waals surface area contributed by atoms with Crippen LogP contribution in [-0.4, -0.2) is 32.2 Å². The fourth-order valence-electron chi connectivity index (χ4n) is 1.84. The average molecular weight is 244 g/mol. The molecule has 1 amide bonds. The molecule has 2 atom stereocenters. The van der Waals surface area contributed by atoms with Gasteiger partial charge in [-0.15, -0.1) is 0 Å². The highest BCUT2D eigenvalue weighted by Crippen LogP contribution is 2.16. The summed E-state index contributed by atoms with van der Waals surface area (Å²) in [6.07, 6.45) is 4.97. The Balaban J connectivity index is 3.71. The lowest BCUT2D eigenvalue weighted by Gasteiger charge is -2.15. The zero-order valence-electron chi connectivity index (χ0n) is 11.5. The van der Waals surface area contributed by atoms with Crippen LogP contribution in [0, 0.1) is 5.92 Å². The summed E-state index contributed by atoms with van der Waals surface area (Å²) in [5.41, 5.74) is 5.57. The molecule has 0 aliphatic heterocycles. The van der Waals surface area contributed by atoms with Crippen LogP contribution >= 0.6 is 0 Å². The maximum Gasteiger partial charge on any atom is 0.220 e. The molecule has 0 bridgehead atoms. The molecule has 0 spiro atoms. The summed E-state index contributed by atoms with van der Waals surface area (Å²) < 4.78 is 5.07. The van der Waals surface area contributed by atoms with Crippen LogP contribution in [0.3, 0.4) is 0 Å². The van der Waals surface area contributed by atoms with Crippen LogP contribution in [0.25, 0.3) is 0 Å².